The highest BCUT2D eigenvalue weighted by molar-refractivity contribution is 5.82. The van der Waals surface area contributed by atoms with Gasteiger partial charge in [0.05, 0.1) is 11.6 Å². The molecule has 4 heteroatoms. The lowest BCUT2D eigenvalue weighted by Gasteiger charge is -2.22. The van der Waals surface area contributed by atoms with Gasteiger partial charge in [0.2, 0.25) is 5.91 Å². The van der Waals surface area contributed by atoms with E-state index in [1.165, 1.54) is 0 Å². The summed E-state index contributed by atoms with van der Waals surface area (Å²) >= 11 is 0. The summed E-state index contributed by atoms with van der Waals surface area (Å²) in [6.07, 6.45) is 6.45. The van der Waals surface area contributed by atoms with E-state index >= 15 is 0 Å². The van der Waals surface area contributed by atoms with Crippen LogP contribution in [0.15, 0.2) is 0 Å². The predicted molar refractivity (Wildman–Crippen MR) is 58.0 cm³/mol. The molecule has 2 atom stereocenters. The first kappa shape index (κ1) is 12.0. The van der Waals surface area contributed by atoms with E-state index in [0.29, 0.717) is 13.0 Å². The van der Waals surface area contributed by atoms with Crippen LogP contribution in [0.5, 0.6) is 0 Å². The summed E-state index contributed by atoms with van der Waals surface area (Å²) in [7, 11) is 0. The molecule has 2 unspecified atom stereocenters. The summed E-state index contributed by atoms with van der Waals surface area (Å²) in [5.41, 5.74) is 4.84. The van der Waals surface area contributed by atoms with Gasteiger partial charge in [-0.25, -0.2) is 0 Å². The van der Waals surface area contributed by atoms with Crippen LogP contribution in [0.2, 0.25) is 0 Å². The number of hydrogen-bond acceptors (Lipinski definition) is 3. The molecule has 15 heavy (non-hydrogen) atoms. The van der Waals surface area contributed by atoms with Gasteiger partial charge >= 0.3 is 0 Å². The molecule has 84 valence electrons. The van der Waals surface area contributed by atoms with E-state index in [-0.39, 0.29) is 12.0 Å². The van der Waals surface area contributed by atoms with Crippen molar-refractivity contribution >= 4 is 5.91 Å². The van der Waals surface area contributed by atoms with Gasteiger partial charge in [0.1, 0.15) is 6.10 Å². The molecule has 0 aromatic rings. The number of nitrogens with one attached hydrogen (secondary N) is 1. The minimum Gasteiger partial charge on any atom is -0.364 e. The maximum absolute atomic E-state index is 11.7. The first-order valence-electron chi connectivity index (χ1n) is 5.14. The van der Waals surface area contributed by atoms with Crippen molar-refractivity contribution in [2.45, 2.75) is 44.4 Å². The number of carbonyl (C=O) groups excluding carboxylic acids is 1. The molecule has 1 aliphatic rings. The first-order chi connectivity index (χ1) is 6.98. The van der Waals surface area contributed by atoms with Gasteiger partial charge in [-0.15, -0.1) is 6.42 Å². The maximum atomic E-state index is 11.7. The second kappa shape index (κ2) is 4.65. The van der Waals surface area contributed by atoms with E-state index < -0.39 is 11.6 Å². The van der Waals surface area contributed by atoms with Gasteiger partial charge < -0.3 is 15.8 Å². The Morgan fingerprint density at radius 3 is 2.80 bits per heavy atom. The molecular weight excluding hydrogens is 192 g/mol. The van der Waals surface area contributed by atoms with Crippen LogP contribution in [0.4, 0.5) is 0 Å². The van der Waals surface area contributed by atoms with E-state index in [1.807, 2.05) is 0 Å². The molecule has 0 radical (unpaired) electrons. The van der Waals surface area contributed by atoms with Crippen LogP contribution in [0.1, 0.15) is 26.7 Å². The zero-order chi connectivity index (χ0) is 11.5. The molecular formula is C11H18N2O2. The van der Waals surface area contributed by atoms with Crippen LogP contribution in [-0.4, -0.2) is 30.2 Å². The largest absolute Gasteiger partial charge is 0.364 e. The van der Waals surface area contributed by atoms with Gasteiger partial charge in [-0.2, -0.15) is 0 Å². The Balaban J connectivity index is 2.46. The number of carbonyl (C=O) groups is 1. The third kappa shape index (κ3) is 3.22. The van der Waals surface area contributed by atoms with Crippen LogP contribution < -0.4 is 11.1 Å². The molecule has 1 amide bonds. The molecule has 0 aromatic heterocycles. The topological polar surface area (TPSA) is 64.4 Å². The molecule has 0 bridgehead atoms. The molecule has 0 saturated carbocycles. The van der Waals surface area contributed by atoms with Crippen LogP contribution in [0.25, 0.3) is 0 Å². The van der Waals surface area contributed by atoms with Crippen molar-refractivity contribution in [2.24, 2.45) is 5.73 Å². The molecule has 1 rings (SSSR count). The molecule has 1 aliphatic heterocycles. The average molecular weight is 210 g/mol. The fourth-order valence-corrected chi connectivity index (χ4v) is 1.50. The van der Waals surface area contributed by atoms with Gasteiger partial charge in [-0.05, 0) is 26.7 Å². The highest BCUT2D eigenvalue weighted by atomic mass is 16.5. The first-order valence-corrected chi connectivity index (χ1v) is 5.14. The lowest BCUT2D eigenvalue weighted by atomic mass is 10.1. The predicted octanol–water partition coefficient (Wildman–Crippen LogP) is 0.0207. The summed E-state index contributed by atoms with van der Waals surface area (Å²) in [5, 5.41) is 2.75. The van der Waals surface area contributed by atoms with E-state index in [1.54, 1.807) is 13.8 Å². The normalized spacial score (nSPS) is 26.0. The van der Waals surface area contributed by atoms with Crippen molar-refractivity contribution in [1.82, 2.24) is 5.32 Å². The van der Waals surface area contributed by atoms with Crippen LogP contribution in [0.3, 0.4) is 0 Å². The second-order valence-electron chi connectivity index (χ2n) is 4.32. The van der Waals surface area contributed by atoms with E-state index in [9.17, 15) is 4.79 Å². The fraction of sp³-hybridized carbons (Fsp3) is 0.727. The minimum absolute atomic E-state index is 0.00898. The summed E-state index contributed by atoms with van der Waals surface area (Å²) in [6.45, 7) is 4.02. The van der Waals surface area contributed by atoms with Crippen molar-refractivity contribution < 1.29 is 9.53 Å². The van der Waals surface area contributed by atoms with Crippen molar-refractivity contribution in [1.29, 1.82) is 0 Å². The Bertz CT molecular complexity index is 281. The third-order valence-electron chi connectivity index (χ3n) is 2.46. The summed E-state index contributed by atoms with van der Waals surface area (Å²) in [6, 6.07) is 0. The van der Waals surface area contributed by atoms with Crippen molar-refractivity contribution in [2.75, 3.05) is 6.54 Å². The van der Waals surface area contributed by atoms with Crippen molar-refractivity contribution in [3.8, 4) is 12.3 Å². The lowest BCUT2D eigenvalue weighted by Crippen LogP contribution is -2.47. The lowest BCUT2D eigenvalue weighted by molar-refractivity contribution is -0.132. The van der Waals surface area contributed by atoms with Crippen molar-refractivity contribution in [3.05, 3.63) is 0 Å². The Labute approximate surface area is 90.5 Å². The number of nitrogens with two attached hydrogens (primary N) is 1. The molecule has 0 aromatic carbocycles. The quantitative estimate of drug-likeness (QED) is 0.645. The Kier molecular flexibility index (Phi) is 3.72. The highest BCUT2D eigenvalue weighted by Gasteiger charge is 2.32. The Hall–Kier alpha value is -1.05. The molecule has 1 fully saturated rings. The smallest absolute Gasteiger partial charge is 0.250 e. The molecule has 4 nitrogen and oxygen atoms in total. The van der Waals surface area contributed by atoms with Gasteiger partial charge in [-0.3, -0.25) is 4.79 Å². The van der Waals surface area contributed by atoms with E-state index in [0.717, 1.165) is 6.42 Å². The van der Waals surface area contributed by atoms with Crippen molar-refractivity contribution in [3.63, 3.8) is 0 Å². The number of amides is 1. The van der Waals surface area contributed by atoms with Gasteiger partial charge in [0.25, 0.3) is 0 Å². The molecule has 0 aliphatic carbocycles. The minimum atomic E-state index is -0.624. The fourth-order valence-electron chi connectivity index (χ4n) is 1.50. The van der Waals surface area contributed by atoms with Crippen LogP contribution >= 0.6 is 0 Å². The Morgan fingerprint density at radius 1 is 1.67 bits per heavy atom. The van der Waals surface area contributed by atoms with Crippen LogP contribution in [-0.2, 0) is 9.53 Å². The third-order valence-corrected chi connectivity index (χ3v) is 2.46. The van der Waals surface area contributed by atoms with E-state index in [2.05, 4.69) is 11.2 Å². The summed E-state index contributed by atoms with van der Waals surface area (Å²) in [5.74, 6) is 2.36. The Morgan fingerprint density at radius 2 is 2.33 bits per heavy atom. The maximum Gasteiger partial charge on any atom is 0.250 e. The zero-order valence-electron chi connectivity index (χ0n) is 9.25. The zero-order valence-corrected chi connectivity index (χ0v) is 9.25. The number of ether oxygens (including phenoxy) is 1. The van der Waals surface area contributed by atoms with Gasteiger partial charge in [-0.1, -0.05) is 5.92 Å². The number of terminal acetylenes is 1. The summed E-state index contributed by atoms with van der Waals surface area (Å²) < 4.78 is 5.46. The van der Waals surface area contributed by atoms with Crippen LogP contribution in [0, 0.1) is 12.3 Å². The SMILES string of the molecule is C#CC(C)(C)NC(=O)C1CCC(CN)O1. The number of hydrogen-bond donors (Lipinski definition) is 2. The molecule has 1 heterocycles. The standard InChI is InChI=1S/C11H18N2O2/c1-4-11(2,3)13-10(14)9-6-5-8(7-12)15-9/h1,8-9H,5-7,12H2,2-3H3,(H,13,14). The second-order valence-corrected chi connectivity index (χ2v) is 4.32. The van der Waals surface area contributed by atoms with Gasteiger partial charge in [0.15, 0.2) is 0 Å². The molecule has 1 saturated heterocycles. The average Bonchev–Trinajstić information content (AvgIpc) is 2.65. The van der Waals surface area contributed by atoms with E-state index in [4.69, 9.17) is 16.9 Å². The number of rotatable bonds is 3. The molecule has 3 N–H and O–H groups in total. The summed E-state index contributed by atoms with van der Waals surface area (Å²) in [4.78, 5) is 11.7. The monoisotopic (exact) mass is 210 g/mol. The molecule has 0 spiro atoms. The van der Waals surface area contributed by atoms with Gasteiger partial charge in [0, 0.05) is 6.54 Å². The highest BCUT2D eigenvalue weighted by Crippen LogP contribution is 2.19.